The summed E-state index contributed by atoms with van der Waals surface area (Å²) in [6.45, 7) is -5.30. The Morgan fingerprint density at radius 3 is 2.47 bits per heavy atom. The molecule has 0 saturated carbocycles. The highest BCUT2D eigenvalue weighted by molar-refractivity contribution is 5.98. The van der Waals surface area contributed by atoms with E-state index in [0.29, 0.717) is 16.8 Å². The van der Waals surface area contributed by atoms with Gasteiger partial charge in [0.25, 0.3) is 0 Å². The number of nitrogens with one attached hydrogen (secondary N) is 1. The molecule has 4 aromatic rings. The number of hydrogen-bond donors (Lipinski definition) is 2. The van der Waals surface area contributed by atoms with E-state index in [0.717, 1.165) is 22.9 Å². The predicted octanol–water partition coefficient (Wildman–Crippen LogP) is 5.49. The lowest BCUT2D eigenvalue weighted by molar-refractivity contribution is -0.117. The number of nitrogens with two attached hydrogens (primary N) is 1. The van der Waals surface area contributed by atoms with Crippen LogP contribution in [0.4, 0.5) is 5.69 Å². The first-order valence-electron chi connectivity index (χ1n) is 13.8. The van der Waals surface area contributed by atoms with Crippen LogP contribution in [0.5, 0.6) is 0 Å². The molecule has 34 heavy (non-hydrogen) atoms. The number of hydrogen-bond acceptors (Lipinski definition) is 4. The Balaban J connectivity index is 1.43. The van der Waals surface area contributed by atoms with Gasteiger partial charge in [-0.15, -0.1) is 0 Å². The molecule has 5 nitrogen and oxygen atoms in total. The molecule has 4 rings (SSSR count). The molecule has 4 aromatic carbocycles. The van der Waals surface area contributed by atoms with Crippen molar-refractivity contribution in [1.29, 1.82) is 0 Å². The Kier molecular flexibility index (Phi) is 5.04. The summed E-state index contributed by atoms with van der Waals surface area (Å²) in [6, 6.07) is 23.7. The summed E-state index contributed by atoms with van der Waals surface area (Å²) in [5.74, 6) is -1.75. The van der Waals surface area contributed by atoms with Gasteiger partial charge >= 0.3 is 5.97 Å². The van der Waals surface area contributed by atoms with Gasteiger partial charge in [0.1, 0.15) is 6.61 Å². The molecular formula is C29H28N2O3. The number of amides is 1. The molecule has 1 atom stereocenters. The SMILES string of the molecule is [2H]C([2H])([2H])c1ccc(C(=O)OCc2ccc([C@@H](CN)C(=O)Nc3ccc4ccccc4c3)cc2)c(C([2H])([2H])[2H])c1. The number of carbonyl (C=O) groups excluding carboxylic acids is 2. The van der Waals surface area contributed by atoms with Crippen molar-refractivity contribution in [2.75, 3.05) is 11.9 Å². The normalized spacial score (nSPS) is 15.1. The molecule has 0 bridgehead atoms. The van der Waals surface area contributed by atoms with Crippen LogP contribution in [0, 0.1) is 13.7 Å². The van der Waals surface area contributed by atoms with E-state index in [-0.39, 0.29) is 35.7 Å². The van der Waals surface area contributed by atoms with E-state index >= 15 is 0 Å². The average molecular weight is 459 g/mol. The maximum atomic E-state index is 13.0. The number of fused-ring (bicyclic) bond motifs is 1. The second kappa shape index (κ2) is 10.3. The number of esters is 1. The van der Waals surface area contributed by atoms with E-state index in [9.17, 15) is 9.59 Å². The molecule has 0 aromatic heterocycles. The molecule has 5 heteroatoms. The van der Waals surface area contributed by atoms with Crippen LogP contribution in [0.3, 0.4) is 0 Å². The average Bonchev–Trinajstić information content (AvgIpc) is 2.91. The third-order valence-electron chi connectivity index (χ3n) is 5.56. The monoisotopic (exact) mass is 458 g/mol. The molecule has 3 N–H and O–H groups in total. The number of aryl methyl sites for hydroxylation is 2. The summed E-state index contributed by atoms with van der Waals surface area (Å²) in [6.07, 6.45) is 0. The van der Waals surface area contributed by atoms with Gasteiger partial charge < -0.3 is 15.8 Å². The lowest BCUT2D eigenvalue weighted by Gasteiger charge is -2.16. The Bertz CT molecular complexity index is 1530. The first-order valence-corrected chi connectivity index (χ1v) is 10.8. The maximum Gasteiger partial charge on any atom is 0.338 e. The Hall–Kier alpha value is -3.96. The van der Waals surface area contributed by atoms with Crippen LogP contribution in [0.15, 0.2) is 84.9 Å². The summed E-state index contributed by atoms with van der Waals surface area (Å²) < 4.78 is 51.1. The van der Waals surface area contributed by atoms with Gasteiger partial charge in [-0.2, -0.15) is 0 Å². The van der Waals surface area contributed by atoms with Gasteiger partial charge in [0.15, 0.2) is 0 Å². The largest absolute Gasteiger partial charge is 0.457 e. The van der Waals surface area contributed by atoms with Gasteiger partial charge in [-0.3, -0.25) is 4.79 Å². The first kappa shape index (κ1) is 16.6. The van der Waals surface area contributed by atoms with Crippen molar-refractivity contribution < 1.29 is 22.6 Å². The molecule has 0 aliphatic rings. The molecule has 172 valence electrons. The lowest BCUT2D eigenvalue weighted by Crippen LogP contribution is -2.27. The predicted molar refractivity (Wildman–Crippen MR) is 136 cm³/mol. The van der Waals surface area contributed by atoms with E-state index in [1.165, 1.54) is 6.07 Å². The molecule has 1 amide bonds. The van der Waals surface area contributed by atoms with Gasteiger partial charge in [-0.1, -0.05) is 72.3 Å². The van der Waals surface area contributed by atoms with Crippen LogP contribution >= 0.6 is 0 Å². The number of rotatable bonds is 7. The molecule has 0 aliphatic heterocycles. The zero-order valence-corrected chi connectivity index (χ0v) is 18.4. The minimum atomic E-state index is -2.71. The lowest BCUT2D eigenvalue weighted by atomic mass is 9.97. The van der Waals surface area contributed by atoms with Crippen LogP contribution in [0.1, 0.15) is 46.8 Å². The third kappa shape index (κ3) is 5.33. The maximum absolute atomic E-state index is 13.0. The summed E-state index contributed by atoms with van der Waals surface area (Å²) in [5.41, 5.74) is 7.09. The van der Waals surface area contributed by atoms with Crippen molar-refractivity contribution in [2.45, 2.75) is 26.2 Å². The first-order chi connectivity index (χ1) is 18.9. The van der Waals surface area contributed by atoms with Crippen LogP contribution in [-0.2, 0) is 16.1 Å². The fourth-order valence-corrected chi connectivity index (χ4v) is 3.69. The van der Waals surface area contributed by atoms with Crippen molar-refractivity contribution in [3.63, 3.8) is 0 Å². The van der Waals surface area contributed by atoms with Crippen LogP contribution in [-0.4, -0.2) is 18.4 Å². The fraction of sp³-hybridized carbons (Fsp3) is 0.172. The molecular weight excluding hydrogens is 424 g/mol. The van der Waals surface area contributed by atoms with Crippen molar-refractivity contribution in [3.05, 3.63) is 113 Å². The minimum absolute atomic E-state index is 0.0812. The summed E-state index contributed by atoms with van der Waals surface area (Å²) in [7, 11) is 0. The highest BCUT2D eigenvalue weighted by atomic mass is 16.5. The van der Waals surface area contributed by atoms with Gasteiger partial charge in [-0.05, 0) is 59.4 Å². The van der Waals surface area contributed by atoms with Crippen LogP contribution < -0.4 is 11.1 Å². The van der Waals surface area contributed by atoms with E-state index in [2.05, 4.69) is 5.32 Å². The molecule has 0 spiro atoms. The van der Waals surface area contributed by atoms with Crippen molar-refractivity contribution in [1.82, 2.24) is 0 Å². The summed E-state index contributed by atoms with van der Waals surface area (Å²) in [5, 5.41) is 4.98. The number of benzene rings is 4. The van der Waals surface area contributed by atoms with Gasteiger partial charge in [-0.25, -0.2) is 4.79 Å². The Morgan fingerprint density at radius 2 is 1.74 bits per heavy atom. The Labute approximate surface area is 208 Å². The summed E-state index contributed by atoms with van der Waals surface area (Å²) >= 11 is 0. The smallest absolute Gasteiger partial charge is 0.338 e. The highest BCUT2D eigenvalue weighted by Crippen LogP contribution is 2.22. The molecule has 0 heterocycles. The van der Waals surface area contributed by atoms with E-state index in [4.69, 9.17) is 18.7 Å². The summed E-state index contributed by atoms with van der Waals surface area (Å²) in [4.78, 5) is 25.7. The highest BCUT2D eigenvalue weighted by Gasteiger charge is 2.19. The second-order valence-electron chi connectivity index (χ2n) is 7.92. The minimum Gasteiger partial charge on any atom is -0.457 e. The molecule has 0 saturated heterocycles. The number of anilines is 1. The molecule has 0 radical (unpaired) electrons. The van der Waals surface area contributed by atoms with E-state index < -0.39 is 25.6 Å². The Morgan fingerprint density at radius 1 is 0.941 bits per heavy atom. The molecule has 0 aliphatic carbocycles. The number of ether oxygens (including phenoxy) is 1. The van der Waals surface area contributed by atoms with Crippen LogP contribution in [0.25, 0.3) is 10.8 Å². The fourth-order valence-electron chi connectivity index (χ4n) is 3.69. The van der Waals surface area contributed by atoms with Crippen molar-refractivity contribution >= 4 is 28.3 Å². The quantitative estimate of drug-likeness (QED) is 0.359. The van der Waals surface area contributed by atoms with Gasteiger partial charge in [0, 0.05) is 20.5 Å². The van der Waals surface area contributed by atoms with E-state index in [1.807, 2.05) is 42.5 Å². The number of carbonyl (C=O) groups is 2. The van der Waals surface area contributed by atoms with Crippen molar-refractivity contribution in [3.8, 4) is 0 Å². The molecule has 0 unspecified atom stereocenters. The van der Waals surface area contributed by atoms with E-state index in [1.54, 1.807) is 24.3 Å². The second-order valence-corrected chi connectivity index (χ2v) is 7.92. The molecule has 0 fully saturated rings. The zero-order valence-electron chi connectivity index (χ0n) is 24.4. The standard InChI is InChI=1S/C29H28N2O3/c1-19-7-14-26(20(2)15-19)29(33)34-18-21-8-10-23(11-9-21)27(17-30)28(32)31-25-13-12-22-5-3-4-6-24(22)16-25/h3-16,27H,17-18,30H2,1-2H3,(H,31,32)/t27-/m1/s1/i1D3,2D3. The topological polar surface area (TPSA) is 81.4 Å². The van der Waals surface area contributed by atoms with Gasteiger partial charge in [0.05, 0.1) is 11.5 Å². The van der Waals surface area contributed by atoms with Crippen molar-refractivity contribution in [2.24, 2.45) is 5.73 Å². The van der Waals surface area contributed by atoms with Gasteiger partial charge in [0.2, 0.25) is 5.91 Å². The van der Waals surface area contributed by atoms with Crippen LogP contribution in [0.2, 0.25) is 0 Å². The third-order valence-corrected chi connectivity index (χ3v) is 5.56. The zero-order chi connectivity index (χ0) is 29.1.